The fourth-order valence-electron chi connectivity index (χ4n) is 4.29. The molecule has 0 N–H and O–H groups in total. The van der Waals surface area contributed by atoms with Gasteiger partial charge in [0, 0.05) is 23.2 Å². The molecule has 1 aliphatic heterocycles. The van der Waals surface area contributed by atoms with Crippen LogP contribution in [0, 0.1) is 11.6 Å². The highest BCUT2D eigenvalue weighted by Gasteiger charge is 2.43. The first-order chi connectivity index (χ1) is 18.0. The van der Waals surface area contributed by atoms with Crippen LogP contribution in [0.3, 0.4) is 0 Å². The third kappa shape index (κ3) is 5.33. The van der Waals surface area contributed by atoms with Crippen LogP contribution in [-0.4, -0.2) is 11.7 Å². The Morgan fingerprint density at radius 2 is 1.43 bits per heavy atom. The van der Waals surface area contributed by atoms with Gasteiger partial charge in [-0.1, -0.05) is 48.5 Å². The maximum Gasteiger partial charge on any atom is 0.257 e. The SMILES string of the molecule is O=C(CC=C1C(=O)N(c2ccc(F)cc2)[C@@H]1c1ccc(OCc2ccccc2)cc1)c1ccc(F)cc1. The molecule has 0 saturated carbocycles. The predicted molar refractivity (Wildman–Crippen MR) is 137 cm³/mol. The first-order valence-electron chi connectivity index (χ1n) is 11.8. The van der Waals surface area contributed by atoms with Crippen molar-refractivity contribution >= 4 is 17.4 Å². The van der Waals surface area contributed by atoms with E-state index in [1.54, 1.807) is 23.1 Å². The number of hydrogen-bond acceptors (Lipinski definition) is 3. The molecule has 0 unspecified atom stereocenters. The number of nitrogens with zero attached hydrogens (tertiary/aromatic N) is 1. The number of ether oxygens (including phenoxy) is 1. The highest BCUT2D eigenvalue weighted by Crippen LogP contribution is 2.43. The topological polar surface area (TPSA) is 46.6 Å². The van der Waals surface area contributed by atoms with E-state index >= 15 is 0 Å². The van der Waals surface area contributed by atoms with Crippen molar-refractivity contribution < 1.29 is 23.1 Å². The molecule has 0 bridgehead atoms. The maximum atomic E-state index is 13.5. The fraction of sp³-hybridized carbons (Fsp3) is 0.0968. The Hall–Kier alpha value is -4.58. The molecule has 4 aromatic rings. The van der Waals surface area contributed by atoms with E-state index in [1.165, 1.54) is 36.4 Å². The van der Waals surface area contributed by atoms with Crippen molar-refractivity contribution in [2.45, 2.75) is 19.1 Å². The number of benzene rings is 4. The molecular weight excluding hydrogens is 472 g/mol. The van der Waals surface area contributed by atoms with Gasteiger partial charge in [0.2, 0.25) is 0 Å². The molecule has 4 aromatic carbocycles. The molecular formula is C31H23F2NO3. The van der Waals surface area contributed by atoms with E-state index in [1.807, 2.05) is 54.6 Å². The first-order valence-corrected chi connectivity index (χ1v) is 11.8. The summed E-state index contributed by atoms with van der Waals surface area (Å²) < 4.78 is 32.6. The van der Waals surface area contributed by atoms with Crippen molar-refractivity contribution in [2.75, 3.05) is 4.90 Å². The number of hydrogen-bond donors (Lipinski definition) is 0. The summed E-state index contributed by atoms with van der Waals surface area (Å²) in [6.07, 6.45) is 1.62. The van der Waals surface area contributed by atoms with Crippen LogP contribution < -0.4 is 9.64 Å². The van der Waals surface area contributed by atoms with E-state index < -0.39 is 17.7 Å². The molecule has 1 amide bonds. The highest BCUT2D eigenvalue weighted by molar-refractivity contribution is 6.15. The summed E-state index contributed by atoms with van der Waals surface area (Å²) in [6.45, 7) is 0.431. The normalized spacial score (nSPS) is 15.9. The van der Waals surface area contributed by atoms with Gasteiger partial charge in [-0.2, -0.15) is 0 Å². The van der Waals surface area contributed by atoms with E-state index in [9.17, 15) is 18.4 Å². The summed E-state index contributed by atoms with van der Waals surface area (Å²) in [5.41, 5.74) is 3.28. The van der Waals surface area contributed by atoms with Crippen LogP contribution in [-0.2, 0) is 11.4 Å². The molecule has 1 heterocycles. The number of carbonyl (C=O) groups is 2. The zero-order chi connectivity index (χ0) is 25.8. The Morgan fingerprint density at radius 3 is 2.08 bits per heavy atom. The number of carbonyl (C=O) groups excluding carboxylic acids is 2. The number of ketones is 1. The lowest BCUT2D eigenvalue weighted by Crippen LogP contribution is -2.49. The molecule has 5 rings (SSSR count). The zero-order valence-corrected chi connectivity index (χ0v) is 19.8. The van der Waals surface area contributed by atoms with Crippen molar-refractivity contribution in [1.82, 2.24) is 0 Å². The zero-order valence-electron chi connectivity index (χ0n) is 19.8. The lowest BCUT2D eigenvalue weighted by atomic mass is 9.86. The van der Waals surface area contributed by atoms with Gasteiger partial charge in [-0.05, 0) is 71.8 Å². The van der Waals surface area contributed by atoms with Crippen LogP contribution in [0.1, 0.15) is 33.9 Å². The van der Waals surface area contributed by atoms with Gasteiger partial charge in [-0.15, -0.1) is 0 Å². The molecule has 0 radical (unpaired) electrons. The Bertz CT molecular complexity index is 1430. The van der Waals surface area contributed by atoms with Crippen LogP contribution in [0.2, 0.25) is 0 Å². The van der Waals surface area contributed by atoms with Crippen molar-refractivity contribution in [3.63, 3.8) is 0 Å². The number of β-lactam (4-membered cyclic amide) rings is 1. The number of amides is 1. The standard InChI is InChI=1S/C31H23F2NO3/c32-24-10-6-22(7-11-24)29(35)19-18-28-30(34(31(28)36)26-14-12-25(33)13-15-26)23-8-16-27(17-9-23)37-20-21-4-2-1-3-5-21/h1-18,30H,19-20H2/t30-/m1/s1. The van der Waals surface area contributed by atoms with Crippen LogP contribution >= 0.6 is 0 Å². The monoisotopic (exact) mass is 495 g/mol. The van der Waals surface area contributed by atoms with Gasteiger partial charge in [0.1, 0.15) is 24.0 Å². The molecule has 0 aromatic heterocycles. The van der Waals surface area contributed by atoms with Crippen LogP contribution in [0.25, 0.3) is 0 Å². The third-order valence-electron chi connectivity index (χ3n) is 6.24. The molecule has 4 nitrogen and oxygen atoms in total. The average Bonchev–Trinajstić information content (AvgIpc) is 2.93. The quantitative estimate of drug-likeness (QED) is 0.153. The molecule has 184 valence electrons. The molecule has 6 heteroatoms. The summed E-state index contributed by atoms with van der Waals surface area (Å²) >= 11 is 0. The van der Waals surface area contributed by atoms with Gasteiger partial charge in [0.15, 0.2) is 5.78 Å². The summed E-state index contributed by atoms with van der Waals surface area (Å²) in [6, 6.07) is 27.8. The number of rotatable bonds is 8. The second-order valence-corrected chi connectivity index (χ2v) is 8.69. The Kier molecular flexibility index (Phi) is 6.90. The minimum Gasteiger partial charge on any atom is -0.489 e. The molecule has 37 heavy (non-hydrogen) atoms. The van der Waals surface area contributed by atoms with Gasteiger partial charge in [-0.25, -0.2) is 8.78 Å². The number of allylic oxidation sites excluding steroid dienone is 1. The van der Waals surface area contributed by atoms with Crippen molar-refractivity contribution in [3.05, 3.63) is 143 Å². The Balaban J connectivity index is 1.38. The number of halogens is 2. The van der Waals surface area contributed by atoms with Gasteiger partial charge < -0.3 is 4.74 Å². The fourth-order valence-corrected chi connectivity index (χ4v) is 4.29. The Morgan fingerprint density at radius 1 is 0.811 bits per heavy atom. The average molecular weight is 496 g/mol. The van der Waals surface area contributed by atoms with Crippen LogP contribution in [0.4, 0.5) is 14.5 Å². The van der Waals surface area contributed by atoms with Crippen LogP contribution in [0.5, 0.6) is 5.75 Å². The van der Waals surface area contributed by atoms with Gasteiger partial charge >= 0.3 is 0 Å². The van der Waals surface area contributed by atoms with Gasteiger partial charge in [0.05, 0.1) is 6.04 Å². The largest absolute Gasteiger partial charge is 0.489 e. The third-order valence-corrected chi connectivity index (χ3v) is 6.24. The molecule has 1 saturated heterocycles. The molecule has 1 atom stereocenters. The minimum absolute atomic E-state index is 0.00126. The summed E-state index contributed by atoms with van der Waals surface area (Å²) in [4.78, 5) is 27.3. The lowest BCUT2D eigenvalue weighted by Gasteiger charge is -2.43. The molecule has 1 aliphatic rings. The van der Waals surface area contributed by atoms with Gasteiger partial charge in [0.25, 0.3) is 5.91 Å². The predicted octanol–water partition coefficient (Wildman–Crippen LogP) is 6.83. The summed E-state index contributed by atoms with van der Waals surface area (Å²) in [5, 5.41) is 0. The highest BCUT2D eigenvalue weighted by atomic mass is 19.1. The number of Topliss-reactive ketones (excluding diaryl/α,β-unsaturated/α-hetero) is 1. The molecule has 0 spiro atoms. The molecule has 0 aliphatic carbocycles. The first kappa shape index (κ1) is 24.1. The van der Waals surface area contributed by atoms with Gasteiger partial charge in [-0.3, -0.25) is 14.5 Å². The van der Waals surface area contributed by atoms with Crippen LogP contribution in [0.15, 0.2) is 115 Å². The smallest absolute Gasteiger partial charge is 0.257 e. The van der Waals surface area contributed by atoms with Crippen molar-refractivity contribution in [1.29, 1.82) is 0 Å². The van der Waals surface area contributed by atoms with E-state index in [4.69, 9.17) is 4.74 Å². The van der Waals surface area contributed by atoms with E-state index in [0.29, 0.717) is 29.2 Å². The lowest BCUT2D eigenvalue weighted by molar-refractivity contribution is -0.119. The summed E-state index contributed by atoms with van der Waals surface area (Å²) in [5.74, 6) is -0.607. The maximum absolute atomic E-state index is 13.5. The summed E-state index contributed by atoms with van der Waals surface area (Å²) in [7, 11) is 0. The van der Waals surface area contributed by atoms with E-state index in [2.05, 4.69) is 0 Å². The van der Waals surface area contributed by atoms with Crippen molar-refractivity contribution in [3.8, 4) is 5.75 Å². The molecule has 1 fully saturated rings. The number of anilines is 1. The van der Waals surface area contributed by atoms with Crippen molar-refractivity contribution in [2.24, 2.45) is 0 Å². The Labute approximate surface area is 213 Å². The second-order valence-electron chi connectivity index (χ2n) is 8.69. The minimum atomic E-state index is -0.442. The van der Waals surface area contributed by atoms with E-state index in [0.717, 1.165) is 11.1 Å². The second kappa shape index (κ2) is 10.6. The van der Waals surface area contributed by atoms with E-state index in [-0.39, 0.29) is 18.1 Å².